The summed E-state index contributed by atoms with van der Waals surface area (Å²) in [6, 6.07) is 7.86. The van der Waals surface area contributed by atoms with Gasteiger partial charge in [-0.15, -0.1) is 0 Å². The molecule has 0 unspecified atom stereocenters. The molecule has 3 heteroatoms. The van der Waals surface area contributed by atoms with Crippen LogP contribution in [0.2, 0.25) is 0 Å². The molecular weight excluding hydrogens is 188 g/mol. The molecule has 0 amide bonds. The quantitative estimate of drug-likeness (QED) is 0.812. The van der Waals surface area contributed by atoms with Crippen LogP contribution in [-0.4, -0.2) is 12.1 Å². The van der Waals surface area contributed by atoms with Crippen molar-refractivity contribution in [2.24, 2.45) is 0 Å². The Labute approximate surface area is 88.9 Å². The van der Waals surface area contributed by atoms with Crippen LogP contribution in [0.25, 0.3) is 10.9 Å². The van der Waals surface area contributed by atoms with E-state index >= 15 is 0 Å². The molecule has 0 bridgehead atoms. The lowest BCUT2D eigenvalue weighted by molar-refractivity contribution is 0.186. The maximum atomic E-state index is 5.94. The van der Waals surface area contributed by atoms with E-state index in [1.54, 1.807) is 7.11 Å². The fourth-order valence-electron chi connectivity index (χ4n) is 1.74. The first kappa shape index (κ1) is 9.93. The number of hydrogen-bond donors (Lipinski definition) is 1. The summed E-state index contributed by atoms with van der Waals surface area (Å²) in [5.74, 6) is 0. The summed E-state index contributed by atoms with van der Waals surface area (Å²) >= 11 is 0. The summed E-state index contributed by atoms with van der Waals surface area (Å²) in [7, 11) is 1.68. The first-order valence-corrected chi connectivity index (χ1v) is 4.86. The normalized spacial score (nSPS) is 10.8. The van der Waals surface area contributed by atoms with Gasteiger partial charge in [-0.05, 0) is 13.0 Å². The Morgan fingerprint density at radius 2 is 2.20 bits per heavy atom. The fourth-order valence-corrected chi connectivity index (χ4v) is 1.74. The molecule has 0 atom stereocenters. The molecular formula is C12H14N2O. The van der Waals surface area contributed by atoms with E-state index in [0.717, 1.165) is 27.8 Å². The number of pyridine rings is 1. The maximum absolute atomic E-state index is 5.94. The van der Waals surface area contributed by atoms with Crippen LogP contribution in [0.5, 0.6) is 0 Å². The summed E-state index contributed by atoms with van der Waals surface area (Å²) in [5.41, 5.74) is 9.66. The molecule has 0 aliphatic heterocycles. The van der Waals surface area contributed by atoms with Gasteiger partial charge in [0.25, 0.3) is 0 Å². The molecule has 2 aromatic rings. The van der Waals surface area contributed by atoms with E-state index in [-0.39, 0.29) is 0 Å². The molecule has 0 spiro atoms. The Bertz CT molecular complexity index is 494. The number of benzene rings is 1. The van der Waals surface area contributed by atoms with Crippen molar-refractivity contribution in [1.82, 2.24) is 4.98 Å². The van der Waals surface area contributed by atoms with Crippen molar-refractivity contribution < 1.29 is 4.74 Å². The van der Waals surface area contributed by atoms with Gasteiger partial charge in [-0.25, -0.2) is 0 Å². The second-order valence-corrected chi connectivity index (χ2v) is 3.60. The van der Waals surface area contributed by atoms with Crippen molar-refractivity contribution in [2.75, 3.05) is 12.8 Å². The molecule has 2 rings (SSSR count). The van der Waals surface area contributed by atoms with Crippen molar-refractivity contribution in [2.45, 2.75) is 13.5 Å². The predicted octanol–water partition coefficient (Wildman–Crippen LogP) is 2.27. The second kappa shape index (κ2) is 3.87. The second-order valence-electron chi connectivity index (χ2n) is 3.60. The van der Waals surface area contributed by atoms with Crippen molar-refractivity contribution in [3.05, 3.63) is 35.5 Å². The van der Waals surface area contributed by atoms with Gasteiger partial charge < -0.3 is 10.5 Å². The number of nitrogen functional groups attached to an aromatic ring is 1. The topological polar surface area (TPSA) is 48.1 Å². The highest BCUT2D eigenvalue weighted by Crippen LogP contribution is 2.23. The standard InChI is InChI=1S/C12H14N2O/c1-8-6-11(13)10-5-3-4-9(7-15-2)12(10)14-8/h3-6H,7H2,1-2H3,(H2,13,14). The van der Waals surface area contributed by atoms with E-state index in [1.165, 1.54) is 0 Å². The predicted molar refractivity (Wildman–Crippen MR) is 61.6 cm³/mol. The number of nitrogens with zero attached hydrogens (tertiary/aromatic N) is 1. The Kier molecular flexibility index (Phi) is 2.56. The van der Waals surface area contributed by atoms with Crippen molar-refractivity contribution in [1.29, 1.82) is 0 Å². The molecule has 0 saturated heterocycles. The number of fused-ring (bicyclic) bond motifs is 1. The number of hydrogen-bond acceptors (Lipinski definition) is 3. The van der Waals surface area contributed by atoms with Gasteiger partial charge in [-0.2, -0.15) is 0 Å². The SMILES string of the molecule is COCc1cccc2c(N)cc(C)nc12. The molecule has 1 heterocycles. The van der Waals surface area contributed by atoms with Crippen molar-refractivity contribution in [3.63, 3.8) is 0 Å². The summed E-state index contributed by atoms with van der Waals surface area (Å²) in [5, 5.41) is 0.996. The van der Waals surface area contributed by atoms with Crippen LogP contribution < -0.4 is 5.73 Å². The summed E-state index contributed by atoms with van der Waals surface area (Å²) in [6.45, 7) is 2.51. The number of aryl methyl sites for hydroxylation is 1. The Hall–Kier alpha value is -1.61. The van der Waals surface area contributed by atoms with Crippen LogP contribution in [0.15, 0.2) is 24.3 Å². The molecule has 0 aliphatic carbocycles. The molecule has 3 nitrogen and oxygen atoms in total. The van der Waals surface area contributed by atoms with E-state index in [1.807, 2.05) is 31.2 Å². The fraction of sp³-hybridized carbons (Fsp3) is 0.250. The van der Waals surface area contributed by atoms with Gasteiger partial charge in [0.2, 0.25) is 0 Å². The van der Waals surface area contributed by atoms with Gasteiger partial charge in [0.1, 0.15) is 0 Å². The maximum Gasteiger partial charge on any atom is 0.0781 e. The minimum absolute atomic E-state index is 0.563. The van der Waals surface area contributed by atoms with Crippen LogP contribution in [0.4, 0.5) is 5.69 Å². The van der Waals surface area contributed by atoms with Crippen LogP contribution in [-0.2, 0) is 11.3 Å². The van der Waals surface area contributed by atoms with Gasteiger partial charge in [0, 0.05) is 29.4 Å². The van der Waals surface area contributed by atoms with E-state index in [0.29, 0.717) is 6.61 Å². The molecule has 78 valence electrons. The number of aromatic nitrogens is 1. The highest BCUT2D eigenvalue weighted by Gasteiger charge is 2.05. The summed E-state index contributed by atoms with van der Waals surface area (Å²) < 4.78 is 5.13. The first-order valence-electron chi connectivity index (χ1n) is 4.86. The molecule has 1 aromatic carbocycles. The molecule has 0 aliphatic rings. The van der Waals surface area contributed by atoms with E-state index in [4.69, 9.17) is 10.5 Å². The first-order chi connectivity index (χ1) is 7.22. The average Bonchev–Trinajstić information content (AvgIpc) is 2.19. The minimum atomic E-state index is 0.563. The number of para-hydroxylation sites is 1. The van der Waals surface area contributed by atoms with E-state index in [9.17, 15) is 0 Å². The summed E-state index contributed by atoms with van der Waals surface area (Å²) in [6.07, 6.45) is 0. The van der Waals surface area contributed by atoms with Gasteiger partial charge in [0.05, 0.1) is 12.1 Å². The molecule has 1 aromatic heterocycles. The Balaban J connectivity index is 2.73. The zero-order valence-electron chi connectivity index (χ0n) is 8.95. The van der Waals surface area contributed by atoms with Gasteiger partial charge in [-0.1, -0.05) is 18.2 Å². The highest BCUT2D eigenvalue weighted by atomic mass is 16.5. The Morgan fingerprint density at radius 1 is 1.40 bits per heavy atom. The van der Waals surface area contributed by atoms with Gasteiger partial charge in [0.15, 0.2) is 0 Å². The number of anilines is 1. The van der Waals surface area contributed by atoms with Crippen LogP contribution in [0.3, 0.4) is 0 Å². The number of ether oxygens (including phenoxy) is 1. The lowest BCUT2D eigenvalue weighted by Crippen LogP contribution is -1.96. The number of rotatable bonds is 2. The molecule has 0 fully saturated rings. The zero-order chi connectivity index (χ0) is 10.8. The summed E-state index contributed by atoms with van der Waals surface area (Å²) in [4.78, 5) is 4.50. The largest absolute Gasteiger partial charge is 0.398 e. The Morgan fingerprint density at radius 3 is 2.93 bits per heavy atom. The van der Waals surface area contributed by atoms with Crippen LogP contribution in [0, 0.1) is 6.92 Å². The van der Waals surface area contributed by atoms with Crippen LogP contribution in [0.1, 0.15) is 11.3 Å². The van der Waals surface area contributed by atoms with Crippen LogP contribution >= 0.6 is 0 Å². The zero-order valence-corrected chi connectivity index (χ0v) is 8.95. The third kappa shape index (κ3) is 1.78. The minimum Gasteiger partial charge on any atom is -0.398 e. The lowest BCUT2D eigenvalue weighted by atomic mass is 10.1. The average molecular weight is 202 g/mol. The number of methoxy groups -OCH3 is 1. The smallest absolute Gasteiger partial charge is 0.0781 e. The van der Waals surface area contributed by atoms with Gasteiger partial charge >= 0.3 is 0 Å². The van der Waals surface area contributed by atoms with Crippen molar-refractivity contribution in [3.8, 4) is 0 Å². The molecule has 2 N–H and O–H groups in total. The monoisotopic (exact) mass is 202 g/mol. The highest BCUT2D eigenvalue weighted by molar-refractivity contribution is 5.92. The number of nitrogens with two attached hydrogens (primary N) is 1. The third-order valence-electron chi connectivity index (χ3n) is 2.38. The van der Waals surface area contributed by atoms with Crippen molar-refractivity contribution >= 4 is 16.6 Å². The van der Waals surface area contributed by atoms with E-state index in [2.05, 4.69) is 4.98 Å². The molecule has 0 saturated carbocycles. The van der Waals surface area contributed by atoms with E-state index < -0.39 is 0 Å². The van der Waals surface area contributed by atoms with Gasteiger partial charge in [-0.3, -0.25) is 4.98 Å². The molecule has 0 radical (unpaired) electrons. The molecule has 15 heavy (non-hydrogen) atoms. The lowest BCUT2D eigenvalue weighted by Gasteiger charge is -2.07. The third-order valence-corrected chi connectivity index (χ3v) is 2.38.